The molecule has 3 nitrogen and oxygen atoms in total. The molecule has 0 radical (unpaired) electrons. The largest absolute Gasteiger partial charge is 0.489 e. The zero-order valence-corrected chi connectivity index (χ0v) is 12.0. The van der Waals surface area contributed by atoms with Crippen LogP contribution in [0.25, 0.3) is 0 Å². The molecule has 2 saturated heterocycles. The highest BCUT2D eigenvalue weighted by Gasteiger charge is 2.44. The van der Waals surface area contributed by atoms with Gasteiger partial charge in [0.1, 0.15) is 5.75 Å². The van der Waals surface area contributed by atoms with Crippen molar-refractivity contribution in [1.29, 1.82) is 0 Å². The van der Waals surface area contributed by atoms with Crippen LogP contribution in [0, 0.1) is 5.41 Å². The number of piperidine rings is 1. The molecule has 0 bridgehead atoms. The first-order chi connectivity index (χ1) is 9.19. The van der Waals surface area contributed by atoms with Gasteiger partial charge in [0.25, 0.3) is 0 Å². The van der Waals surface area contributed by atoms with Gasteiger partial charge in [-0.15, -0.1) is 0 Å². The van der Waals surface area contributed by atoms with Crippen molar-refractivity contribution >= 4 is 5.69 Å². The van der Waals surface area contributed by atoms with E-state index in [1.165, 1.54) is 44.7 Å². The molecule has 2 aliphatic rings. The molecule has 0 saturated carbocycles. The van der Waals surface area contributed by atoms with Crippen LogP contribution in [0.3, 0.4) is 0 Å². The van der Waals surface area contributed by atoms with E-state index < -0.39 is 0 Å². The number of nitrogens with one attached hydrogen (secondary N) is 1. The van der Waals surface area contributed by atoms with Crippen LogP contribution in [0.15, 0.2) is 24.3 Å². The Labute approximate surface area is 115 Å². The molecule has 0 aromatic heterocycles. The molecule has 104 valence electrons. The average Bonchev–Trinajstić information content (AvgIpc) is 2.37. The van der Waals surface area contributed by atoms with Crippen molar-refractivity contribution in [3.05, 3.63) is 24.3 Å². The van der Waals surface area contributed by atoms with E-state index in [0.29, 0.717) is 5.41 Å². The van der Waals surface area contributed by atoms with E-state index in [1.807, 2.05) is 0 Å². The van der Waals surface area contributed by atoms with Crippen molar-refractivity contribution in [3.8, 4) is 5.75 Å². The molecular weight excluding hydrogens is 236 g/mol. The lowest BCUT2D eigenvalue weighted by Gasteiger charge is -2.53. The molecule has 0 aliphatic carbocycles. The Morgan fingerprint density at radius 1 is 1.16 bits per heavy atom. The molecule has 0 amide bonds. The second kappa shape index (κ2) is 5.04. The number of hydrogen-bond acceptors (Lipinski definition) is 3. The predicted octanol–water partition coefficient (Wildman–Crippen LogP) is 2.66. The van der Waals surface area contributed by atoms with Crippen LogP contribution in [0.4, 0.5) is 5.69 Å². The highest BCUT2D eigenvalue weighted by Crippen LogP contribution is 2.43. The van der Waals surface area contributed by atoms with E-state index in [-0.39, 0.29) is 6.10 Å². The summed E-state index contributed by atoms with van der Waals surface area (Å²) in [5.41, 5.74) is 1.83. The van der Waals surface area contributed by atoms with Crippen molar-refractivity contribution < 1.29 is 4.74 Å². The van der Waals surface area contributed by atoms with E-state index in [1.54, 1.807) is 0 Å². The van der Waals surface area contributed by atoms with Crippen molar-refractivity contribution in [1.82, 2.24) is 5.32 Å². The Kier molecular flexibility index (Phi) is 3.40. The number of para-hydroxylation sites is 2. The maximum atomic E-state index is 5.92. The second-order valence-corrected chi connectivity index (χ2v) is 6.24. The number of nitrogens with zero attached hydrogens (tertiary/aromatic N) is 1. The van der Waals surface area contributed by atoms with Gasteiger partial charge < -0.3 is 15.0 Å². The van der Waals surface area contributed by atoms with Gasteiger partial charge in [-0.05, 0) is 51.9 Å². The summed E-state index contributed by atoms with van der Waals surface area (Å²) in [5, 5.41) is 3.46. The molecule has 3 heteroatoms. The van der Waals surface area contributed by atoms with E-state index in [9.17, 15) is 0 Å². The minimum Gasteiger partial charge on any atom is -0.489 e. The Balaban J connectivity index is 1.70. The fourth-order valence-corrected chi connectivity index (χ4v) is 3.28. The second-order valence-electron chi connectivity index (χ2n) is 6.24. The van der Waals surface area contributed by atoms with Crippen molar-refractivity contribution in [2.45, 2.75) is 32.8 Å². The van der Waals surface area contributed by atoms with Crippen molar-refractivity contribution in [2.75, 3.05) is 31.1 Å². The SMILES string of the molecule is CC(C)Oc1ccccc1N1CC2(CCNCC2)C1. The summed E-state index contributed by atoms with van der Waals surface area (Å²) in [5.74, 6) is 1.03. The van der Waals surface area contributed by atoms with Crippen LogP contribution < -0.4 is 15.0 Å². The maximum Gasteiger partial charge on any atom is 0.142 e. The Hall–Kier alpha value is -1.22. The van der Waals surface area contributed by atoms with Crippen LogP contribution in [0.2, 0.25) is 0 Å². The Bertz CT molecular complexity index is 430. The van der Waals surface area contributed by atoms with E-state index in [2.05, 4.69) is 48.3 Å². The summed E-state index contributed by atoms with van der Waals surface area (Å²) >= 11 is 0. The third kappa shape index (κ3) is 2.57. The van der Waals surface area contributed by atoms with Crippen LogP contribution in [0.5, 0.6) is 5.75 Å². The zero-order valence-electron chi connectivity index (χ0n) is 12.0. The van der Waals surface area contributed by atoms with Gasteiger partial charge in [-0.2, -0.15) is 0 Å². The summed E-state index contributed by atoms with van der Waals surface area (Å²) in [4.78, 5) is 2.48. The first kappa shape index (κ1) is 12.8. The highest BCUT2D eigenvalue weighted by molar-refractivity contribution is 5.60. The summed E-state index contributed by atoms with van der Waals surface area (Å²) < 4.78 is 5.92. The van der Waals surface area contributed by atoms with E-state index in [4.69, 9.17) is 4.74 Å². The minimum atomic E-state index is 0.232. The topological polar surface area (TPSA) is 24.5 Å². The van der Waals surface area contributed by atoms with Gasteiger partial charge in [-0.1, -0.05) is 12.1 Å². The lowest BCUT2D eigenvalue weighted by Crippen LogP contribution is -2.60. The van der Waals surface area contributed by atoms with Crippen LogP contribution in [0.1, 0.15) is 26.7 Å². The van der Waals surface area contributed by atoms with Gasteiger partial charge in [0.15, 0.2) is 0 Å². The van der Waals surface area contributed by atoms with E-state index in [0.717, 1.165) is 5.75 Å². The number of ether oxygens (including phenoxy) is 1. The molecule has 2 aliphatic heterocycles. The molecule has 2 heterocycles. The Morgan fingerprint density at radius 3 is 2.53 bits per heavy atom. The first-order valence-corrected chi connectivity index (χ1v) is 7.40. The summed E-state index contributed by atoms with van der Waals surface area (Å²) in [6.45, 7) is 8.90. The quantitative estimate of drug-likeness (QED) is 0.904. The fraction of sp³-hybridized carbons (Fsp3) is 0.625. The van der Waals surface area contributed by atoms with Gasteiger partial charge >= 0.3 is 0 Å². The molecule has 0 atom stereocenters. The number of hydrogen-bond donors (Lipinski definition) is 1. The van der Waals surface area contributed by atoms with Gasteiger partial charge in [0.05, 0.1) is 11.8 Å². The average molecular weight is 260 g/mol. The van der Waals surface area contributed by atoms with Crippen LogP contribution in [-0.2, 0) is 0 Å². The number of rotatable bonds is 3. The zero-order chi connectivity index (χ0) is 13.3. The van der Waals surface area contributed by atoms with Crippen molar-refractivity contribution in [3.63, 3.8) is 0 Å². The first-order valence-electron chi connectivity index (χ1n) is 7.40. The van der Waals surface area contributed by atoms with E-state index >= 15 is 0 Å². The standard InChI is InChI=1S/C16H24N2O/c1-13(2)19-15-6-4-3-5-14(15)18-11-16(12-18)7-9-17-10-8-16/h3-6,13,17H,7-12H2,1-2H3. The number of benzene rings is 1. The lowest BCUT2D eigenvalue weighted by atomic mass is 9.72. The summed E-state index contributed by atoms with van der Waals surface area (Å²) in [6, 6.07) is 8.44. The monoisotopic (exact) mass is 260 g/mol. The highest BCUT2D eigenvalue weighted by atomic mass is 16.5. The molecular formula is C16H24N2O. The molecule has 1 aromatic carbocycles. The maximum absolute atomic E-state index is 5.92. The van der Waals surface area contributed by atoms with Gasteiger partial charge in [-0.3, -0.25) is 0 Å². The molecule has 3 rings (SSSR count). The Morgan fingerprint density at radius 2 is 1.84 bits per heavy atom. The molecule has 0 unspecified atom stereocenters. The van der Waals surface area contributed by atoms with Crippen LogP contribution >= 0.6 is 0 Å². The van der Waals surface area contributed by atoms with Crippen LogP contribution in [-0.4, -0.2) is 32.3 Å². The lowest BCUT2D eigenvalue weighted by molar-refractivity contribution is 0.148. The van der Waals surface area contributed by atoms with Gasteiger partial charge in [0.2, 0.25) is 0 Å². The molecule has 2 fully saturated rings. The third-order valence-electron chi connectivity index (χ3n) is 4.29. The minimum absolute atomic E-state index is 0.232. The molecule has 1 N–H and O–H groups in total. The summed E-state index contributed by atoms with van der Waals surface area (Å²) in [6.07, 6.45) is 2.86. The molecule has 19 heavy (non-hydrogen) atoms. The molecule has 1 spiro atoms. The predicted molar refractivity (Wildman–Crippen MR) is 79.0 cm³/mol. The normalized spacial score (nSPS) is 21.5. The number of anilines is 1. The smallest absolute Gasteiger partial charge is 0.142 e. The fourth-order valence-electron chi connectivity index (χ4n) is 3.28. The van der Waals surface area contributed by atoms with Gasteiger partial charge in [-0.25, -0.2) is 0 Å². The van der Waals surface area contributed by atoms with Gasteiger partial charge in [0, 0.05) is 18.5 Å². The molecule has 1 aromatic rings. The summed E-state index contributed by atoms with van der Waals surface area (Å²) in [7, 11) is 0. The van der Waals surface area contributed by atoms with Crippen molar-refractivity contribution in [2.24, 2.45) is 5.41 Å². The third-order valence-corrected chi connectivity index (χ3v) is 4.29.